The van der Waals surface area contributed by atoms with Gasteiger partial charge in [-0.05, 0) is 25.1 Å². The van der Waals surface area contributed by atoms with E-state index in [1.54, 1.807) is 0 Å². The Morgan fingerprint density at radius 2 is 2.00 bits per heavy atom. The normalized spacial score (nSPS) is 11.9. The number of hydrogen-bond acceptors (Lipinski definition) is 2. The van der Waals surface area contributed by atoms with Crippen LogP contribution in [0.25, 0.3) is 0 Å². The summed E-state index contributed by atoms with van der Waals surface area (Å²) in [5, 5.41) is 10.5. The number of carbonyl (C=O) groups excluding carboxylic acids is 1. The van der Waals surface area contributed by atoms with Gasteiger partial charge in [0.05, 0.1) is 5.56 Å². The van der Waals surface area contributed by atoms with Crippen molar-refractivity contribution in [2.75, 3.05) is 0 Å². The Kier molecular flexibility index (Phi) is 3.55. The fraction of sp³-hybridized carbons (Fsp3) is 0.200. The SMILES string of the molecule is CC(NC(=O)c1cc(F)ccc1F)C(=O)O. The summed E-state index contributed by atoms with van der Waals surface area (Å²) in [5.41, 5.74) is -0.520. The molecule has 0 radical (unpaired) electrons. The molecule has 1 atom stereocenters. The molecule has 4 nitrogen and oxygen atoms in total. The largest absolute Gasteiger partial charge is 0.480 e. The molecule has 1 aromatic carbocycles. The highest BCUT2D eigenvalue weighted by Crippen LogP contribution is 2.09. The standard InChI is InChI=1S/C10H9F2NO3/c1-5(10(15)16)13-9(14)7-4-6(11)2-3-8(7)12/h2-5H,1H3,(H,13,14)(H,15,16). The molecule has 0 fully saturated rings. The van der Waals surface area contributed by atoms with Gasteiger partial charge >= 0.3 is 5.97 Å². The van der Waals surface area contributed by atoms with E-state index in [9.17, 15) is 18.4 Å². The van der Waals surface area contributed by atoms with Crippen molar-refractivity contribution >= 4 is 11.9 Å². The molecule has 1 unspecified atom stereocenters. The van der Waals surface area contributed by atoms with Gasteiger partial charge in [0.2, 0.25) is 0 Å². The highest BCUT2D eigenvalue weighted by molar-refractivity contribution is 5.96. The average molecular weight is 229 g/mol. The number of aliphatic carboxylic acids is 1. The first-order valence-corrected chi connectivity index (χ1v) is 4.40. The number of carboxylic acids is 1. The second-order valence-electron chi connectivity index (χ2n) is 3.16. The summed E-state index contributed by atoms with van der Waals surface area (Å²) in [6, 6.07) is 1.21. The first-order valence-electron chi connectivity index (χ1n) is 4.40. The van der Waals surface area contributed by atoms with Crippen LogP contribution in [0.3, 0.4) is 0 Å². The minimum absolute atomic E-state index is 0.520. The summed E-state index contributed by atoms with van der Waals surface area (Å²) < 4.78 is 25.8. The minimum Gasteiger partial charge on any atom is -0.480 e. The van der Waals surface area contributed by atoms with Crippen LogP contribution in [0.4, 0.5) is 8.78 Å². The number of benzene rings is 1. The van der Waals surface area contributed by atoms with Crippen LogP contribution in [0.15, 0.2) is 18.2 Å². The lowest BCUT2D eigenvalue weighted by Crippen LogP contribution is -2.38. The van der Waals surface area contributed by atoms with E-state index in [0.29, 0.717) is 6.07 Å². The zero-order chi connectivity index (χ0) is 12.3. The molecule has 0 aromatic heterocycles. The van der Waals surface area contributed by atoms with E-state index in [0.717, 1.165) is 12.1 Å². The lowest BCUT2D eigenvalue weighted by molar-refractivity contribution is -0.138. The summed E-state index contributed by atoms with van der Waals surface area (Å²) in [4.78, 5) is 21.8. The summed E-state index contributed by atoms with van der Waals surface area (Å²) in [6.07, 6.45) is 0. The summed E-state index contributed by atoms with van der Waals surface area (Å²) >= 11 is 0. The van der Waals surface area contributed by atoms with Gasteiger partial charge in [0.15, 0.2) is 0 Å². The molecule has 1 rings (SSSR count). The van der Waals surface area contributed by atoms with Crippen LogP contribution in [-0.4, -0.2) is 23.0 Å². The fourth-order valence-electron chi connectivity index (χ4n) is 1.01. The molecule has 0 aliphatic heterocycles. The smallest absolute Gasteiger partial charge is 0.325 e. The lowest BCUT2D eigenvalue weighted by Gasteiger charge is -2.09. The van der Waals surface area contributed by atoms with Crippen molar-refractivity contribution in [1.29, 1.82) is 0 Å². The molecule has 0 bridgehead atoms. The van der Waals surface area contributed by atoms with Crippen molar-refractivity contribution in [2.24, 2.45) is 0 Å². The Morgan fingerprint density at radius 1 is 1.38 bits per heavy atom. The van der Waals surface area contributed by atoms with E-state index in [-0.39, 0.29) is 0 Å². The first kappa shape index (κ1) is 12.1. The highest BCUT2D eigenvalue weighted by atomic mass is 19.1. The molecule has 0 aliphatic carbocycles. The fourth-order valence-corrected chi connectivity index (χ4v) is 1.01. The lowest BCUT2D eigenvalue weighted by atomic mass is 10.2. The molecule has 1 aromatic rings. The number of rotatable bonds is 3. The molecule has 6 heteroatoms. The quantitative estimate of drug-likeness (QED) is 0.817. The number of carbonyl (C=O) groups is 2. The maximum absolute atomic E-state index is 13.1. The molecule has 16 heavy (non-hydrogen) atoms. The van der Waals surface area contributed by atoms with Crippen molar-refractivity contribution < 1.29 is 23.5 Å². The van der Waals surface area contributed by atoms with Gasteiger partial charge in [-0.25, -0.2) is 8.78 Å². The molecule has 0 heterocycles. The van der Waals surface area contributed by atoms with Crippen LogP contribution in [0.1, 0.15) is 17.3 Å². The Morgan fingerprint density at radius 3 is 2.56 bits per heavy atom. The van der Waals surface area contributed by atoms with Crippen molar-refractivity contribution in [1.82, 2.24) is 5.32 Å². The third-order valence-electron chi connectivity index (χ3n) is 1.89. The Hall–Kier alpha value is -1.98. The van der Waals surface area contributed by atoms with Crippen molar-refractivity contribution in [3.05, 3.63) is 35.4 Å². The second kappa shape index (κ2) is 4.69. The van der Waals surface area contributed by atoms with Crippen LogP contribution >= 0.6 is 0 Å². The zero-order valence-electron chi connectivity index (χ0n) is 8.33. The van der Waals surface area contributed by atoms with Crippen molar-refractivity contribution in [3.8, 4) is 0 Å². The third-order valence-corrected chi connectivity index (χ3v) is 1.89. The molecule has 86 valence electrons. The van der Waals surface area contributed by atoms with Crippen molar-refractivity contribution in [2.45, 2.75) is 13.0 Å². The highest BCUT2D eigenvalue weighted by Gasteiger charge is 2.18. The van der Waals surface area contributed by atoms with E-state index >= 15 is 0 Å². The molecule has 0 aliphatic rings. The average Bonchev–Trinajstić information content (AvgIpc) is 2.21. The maximum Gasteiger partial charge on any atom is 0.325 e. The molecule has 0 spiro atoms. The van der Waals surface area contributed by atoms with Gasteiger partial charge in [0.1, 0.15) is 17.7 Å². The van der Waals surface area contributed by atoms with Crippen LogP contribution in [0, 0.1) is 11.6 Å². The van der Waals surface area contributed by atoms with Crippen LogP contribution in [-0.2, 0) is 4.79 Å². The van der Waals surface area contributed by atoms with Gasteiger partial charge in [-0.3, -0.25) is 9.59 Å². The number of amides is 1. The topological polar surface area (TPSA) is 66.4 Å². The molecule has 1 amide bonds. The van der Waals surface area contributed by atoms with E-state index in [4.69, 9.17) is 5.11 Å². The summed E-state index contributed by atoms with van der Waals surface area (Å²) in [6.45, 7) is 1.22. The maximum atomic E-state index is 13.1. The number of halogens is 2. The van der Waals surface area contributed by atoms with Crippen molar-refractivity contribution in [3.63, 3.8) is 0 Å². The number of hydrogen-bond donors (Lipinski definition) is 2. The van der Waals surface area contributed by atoms with Crippen LogP contribution in [0.2, 0.25) is 0 Å². The van der Waals surface area contributed by atoms with E-state index < -0.39 is 35.1 Å². The molecular weight excluding hydrogens is 220 g/mol. The van der Waals surface area contributed by atoms with E-state index in [1.807, 2.05) is 5.32 Å². The van der Waals surface area contributed by atoms with Crippen LogP contribution < -0.4 is 5.32 Å². The van der Waals surface area contributed by atoms with E-state index in [2.05, 4.69) is 0 Å². The number of nitrogens with one attached hydrogen (secondary N) is 1. The van der Waals surface area contributed by atoms with Gasteiger partial charge in [0.25, 0.3) is 5.91 Å². The van der Waals surface area contributed by atoms with Gasteiger partial charge in [0, 0.05) is 0 Å². The minimum atomic E-state index is -1.26. The Bertz CT molecular complexity index is 434. The molecular formula is C10H9F2NO3. The van der Waals surface area contributed by atoms with E-state index in [1.165, 1.54) is 6.92 Å². The first-order chi connectivity index (χ1) is 7.41. The monoisotopic (exact) mass is 229 g/mol. The molecule has 0 saturated carbocycles. The molecule has 0 saturated heterocycles. The second-order valence-corrected chi connectivity index (χ2v) is 3.16. The third kappa shape index (κ3) is 2.75. The van der Waals surface area contributed by atoms with Gasteiger partial charge in [-0.1, -0.05) is 0 Å². The Labute approximate surface area is 89.9 Å². The predicted molar refractivity (Wildman–Crippen MR) is 50.9 cm³/mol. The number of carboxylic acid groups (broad SMARTS) is 1. The zero-order valence-corrected chi connectivity index (χ0v) is 8.33. The van der Waals surface area contributed by atoms with Crippen LogP contribution in [0.5, 0.6) is 0 Å². The predicted octanol–water partition coefficient (Wildman–Crippen LogP) is 1.17. The Balaban J connectivity index is 2.88. The molecule has 2 N–H and O–H groups in total. The summed E-state index contributed by atoms with van der Waals surface area (Å²) in [7, 11) is 0. The van der Waals surface area contributed by atoms with Gasteiger partial charge in [-0.15, -0.1) is 0 Å². The van der Waals surface area contributed by atoms with Gasteiger partial charge in [-0.2, -0.15) is 0 Å². The summed E-state index contributed by atoms with van der Waals surface area (Å²) in [5.74, 6) is -3.90. The van der Waals surface area contributed by atoms with Gasteiger partial charge < -0.3 is 10.4 Å².